The van der Waals surface area contributed by atoms with Crippen molar-refractivity contribution in [1.29, 1.82) is 0 Å². The fraction of sp³-hybridized carbons (Fsp3) is 0.889. The molecule has 0 radical (unpaired) electrons. The SMILES string of the molecule is COC(=O)N1CC[C@@H](C(=O)O)C[C@@H]1CN1C(C)(C)CCCC1(C)C. The summed E-state index contributed by atoms with van der Waals surface area (Å²) in [5.41, 5.74) is 0.0828. The van der Waals surface area contributed by atoms with E-state index in [-0.39, 0.29) is 29.1 Å². The van der Waals surface area contributed by atoms with Crippen LogP contribution in [0.4, 0.5) is 4.79 Å². The van der Waals surface area contributed by atoms with Gasteiger partial charge in [-0.2, -0.15) is 0 Å². The van der Waals surface area contributed by atoms with Crippen LogP contribution in [-0.4, -0.2) is 64.3 Å². The maximum absolute atomic E-state index is 12.2. The van der Waals surface area contributed by atoms with Crippen LogP contribution >= 0.6 is 0 Å². The normalized spacial score (nSPS) is 30.0. The van der Waals surface area contributed by atoms with Crippen molar-refractivity contribution < 1.29 is 19.4 Å². The molecule has 0 aromatic heterocycles. The Balaban J connectivity index is 2.23. The third-order valence-electron chi connectivity index (χ3n) is 5.91. The van der Waals surface area contributed by atoms with E-state index in [4.69, 9.17) is 4.74 Å². The molecule has 0 bridgehead atoms. The Kier molecular flexibility index (Phi) is 5.47. The molecule has 2 rings (SSSR count). The summed E-state index contributed by atoms with van der Waals surface area (Å²) in [5, 5.41) is 9.40. The highest BCUT2D eigenvalue weighted by molar-refractivity contribution is 5.72. The zero-order valence-electron chi connectivity index (χ0n) is 15.7. The van der Waals surface area contributed by atoms with E-state index < -0.39 is 5.97 Å². The van der Waals surface area contributed by atoms with Crippen LogP contribution < -0.4 is 0 Å². The Bertz CT molecular complexity index is 473. The van der Waals surface area contributed by atoms with Gasteiger partial charge in [0.1, 0.15) is 0 Å². The van der Waals surface area contributed by atoms with Crippen molar-refractivity contribution in [2.45, 2.75) is 76.9 Å². The second-order valence-corrected chi connectivity index (χ2v) is 8.47. The minimum atomic E-state index is -0.762. The summed E-state index contributed by atoms with van der Waals surface area (Å²) < 4.78 is 4.93. The number of methoxy groups -OCH3 is 1. The minimum absolute atomic E-state index is 0.0414. The summed E-state index contributed by atoms with van der Waals surface area (Å²) in [6.07, 6.45) is 4.06. The number of carboxylic acid groups (broad SMARTS) is 1. The first-order valence-corrected chi connectivity index (χ1v) is 8.93. The van der Waals surface area contributed by atoms with E-state index in [2.05, 4.69) is 32.6 Å². The van der Waals surface area contributed by atoms with Crippen LogP contribution in [0, 0.1) is 5.92 Å². The summed E-state index contributed by atoms with van der Waals surface area (Å²) in [6, 6.07) is -0.121. The van der Waals surface area contributed by atoms with Crippen LogP contribution in [0.1, 0.15) is 59.8 Å². The molecule has 0 aliphatic carbocycles. The number of carbonyl (C=O) groups is 2. The van der Waals surface area contributed by atoms with Crippen molar-refractivity contribution in [2.24, 2.45) is 5.92 Å². The lowest BCUT2D eigenvalue weighted by molar-refractivity contribution is -0.144. The molecular weight excluding hydrogens is 308 g/mol. The Morgan fingerprint density at radius 1 is 1.17 bits per heavy atom. The van der Waals surface area contributed by atoms with Crippen molar-refractivity contribution in [3.63, 3.8) is 0 Å². The molecule has 2 heterocycles. The van der Waals surface area contributed by atoms with Crippen molar-refractivity contribution in [3.8, 4) is 0 Å². The van der Waals surface area contributed by atoms with Gasteiger partial charge in [-0.25, -0.2) is 4.79 Å². The van der Waals surface area contributed by atoms with Gasteiger partial charge in [-0.05, 0) is 59.8 Å². The van der Waals surface area contributed by atoms with Gasteiger partial charge in [0.25, 0.3) is 0 Å². The second-order valence-electron chi connectivity index (χ2n) is 8.47. The van der Waals surface area contributed by atoms with E-state index in [1.54, 1.807) is 4.90 Å². The van der Waals surface area contributed by atoms with E-state index in [9.17, 15) is 14.7 Å². The van der Waals surface area contributed by atoms with Gasteiger partial charge in [0.2, 0.25) is 0 Å². The number of ether oxygens (including phenoxy) is 1. The lowest BCUT2D eigenvalue weighted by atomic mass is 9.78. The molecular formula is C18H32N2O4. The predicted octanol–water partition coefficient (Wildman–Crippen LogP) is 2.96. The number of amides is 1. The van der Waals surface area contributed by atoms with Gasteiger partial charge in [-0.1, -0.05) is 0 Å². The number of carbonyl (C=O) groups excluding carboxylic acids is 1. The number of nitrogens with zero attached hydrogens (tertiary/aromatic N) is 2. The van der Waals surface area contributed by atoms with E-state index in [0.717, 1.165) is 12.8 Å². The Labute approximate surface area is 145 Å². The van der Waals surface area contributed by atoms with E-state index in [1.807, 2.05) is 0 Å². The average molecular weight is 340 g/mol. The smallest absolute Gasteiger partial charge is 0.409 e. The largest absolute Gasteiger partial charge is 0.481 e. The number of hydrogen-bond donors (Lipinski definition) is 1. The highest BCUT2D eigenvalue weighted by Crippen LogP contribution is 2.39. The monoisotopic (exact) mass is 340 g/mol. The fourth-order valence-electron chi connectivity index (χ4n) is 4.55. The maximum Gasteiger partial charge on any atom is 0.409 e. The van der Waals surface area contributed by atoms with Gasteiger partial charge < -0.3 is 14.7 Å². The average Bonchev–Trinajstić information content (AvgIpc) is 2.49. The fourth-order valence-corrected chi connectivity index (χ4v) is 4.55. The zero-order chi connectivity index (χ0) is 18.1. The number of rotatable bonds is 3. The molecule has 6 heteroatoms. The molecule has 138 valence electrons. The molecule has 2 atom stereocenters. The van der Waals surface area contributed by atoms with Gasteiger partial charge in [-0.3, -0.25) is 9.69 Å². The molecule has 2 aliphatic heterocycles. The summed E-state index contributed by atoms with van der Waals surface area (Å²) in [7, 11) is 1.39. The summed E-state index contributed by atoms with van der Waals surface area (Å²) in [6.45, 7) is 10.1. The molecule has 0 aromatic carbocycles. The highest BCUT2D eigenvalue weighted by atomic mass is 16.5. The van der Waals surface area contributed by atoms with Crippen LogP contribution in [0.3, 0.4) is 0 Å². The lowest BCUT2D eigenvalue weighted by Gasteiger charge is -2.55. The molecule has 1 N–H and O–H groups in total. The standard InChI is InChI=1S/C18H32N2O4/c1-17(2)8-6-9-18(3,4)20(17)12-14-11-13(15(21)22)7-10-19(14)16(23)24-5/h13-14H,6-12H2,1-5H3,(H,21,22)/t13-,14-/m1/s1. The third kappa shape index (κ3) is 3.85. The van der Waals surface area contributed by atoms with Crippen molar-refractivity contribution in [3.05, 3.63) is 0 Å². The van der Waals surface area contributed by atoms with Crippen LogP contribution in [0.5, 0.6) is 0 Å². The lowest BCUT2D eigenvalue weighted by Crippen LogP contribution is -2.63. The van der Waals surface area contributed by atoms with Crippen LogP contribution in [0.2, 0.25) is 0 Å². The molecule has 0 unspecified atom stereocenters. The molecule has 0 saturated carbocycles. The van der Waals surface area contributed by atoms with Gasteiger partial charge >= 0.3 is 12.1 Å². The minimum Gasteiger partial charge on any atom is -0.481 e. The quantitative estimate of drug-likeness (QED) is 0.855. The molecule has 2 saturated heterocycles. The number of likely N-dealkylation sites (tertiary alicyclic amines) is 2. The van der Waals surface area contributed by atoms with Crippen molar-refractivity contribution in [1.82, 2.24) is 9.80 Å². The first-order valence-electron chi connectivity index (χ1n) is 8.93. The first kappa shape index (κ1) is 19.0. The Hall–Kier alpha value is -1.30. The molecule has 0 aromatic rings. The van der Waals surface area contributed by atoms with Gasteiger partial charge in [0.15, 0.2) is 0 Å². The molecule has 6 nitrogen and oxygen atoms in total. The van der Waals surface area contributed by atoms with Crippen LogP contribution in [0.15, 0.2) is 0 Å². The second kappa shape index (κ2) is 6.90. The van der Waals surface area contributed by atoms with Crippen molar-refractivity contribution in [2.75, 3.05) is 20.2 Å². The molecule has 0 spiro atoms. The van der Waals surface area contributed by atoms with Crippen LogP contribution in [0.25, 0.3) is 0 Å². The Morgan fingerprint density at radius 2 is 1.75 bits per heavy atom. The number of aliphatic carboxylic acids is 1. The van der Waals surface area contributed by atoms with E-state index >= 15 is 0 Å². The highest BCUT2D eigenvalue weighted by Gasteiger charge is 2.45. The topological polar surface area (TPSA) is 70.1 Å². The molecule has 2 aliphatic rings. The number of piperidine rings is 2. The number of carboxylic acids is 1. The maximum atomic E-state index is 12.2. The summed E-state index contributed by atoms with van der Waals surface area (Å²) in [5.74, 6) is -1.14. The predicted molar refractivity (Wildman–Crippen MR) is 92.0 cm³/mol. The first-order chi connectivity index (χ1) is 11.1. The summed E-state index contributed by atoms with van der Waals surface area (Å²) in [4.78, 5) is 27.8. The van der Waals surface area contributed by atoms with Gasteiger partial charge in [0.05, 0.1) is 13.0 Å². The number of hydrogen-bond acceptors (Lipinski definition) is 4. The van der Waals surface area contributed by atoms with Gasteiger partial charge in [-0.15, -0.1) is 0 Å². The van der Waals surface area contributed by atoms with Crippen molar-refractivity contribution >= 4 is 12.1 Å². The zero-order valence-corrected chi connectivity index (χ0v) is 15.7. The summed E-state index contributed by atoms with van der Waals surface area (Å²) >= 11 is 0. The van der Waals surface area contributed by atoms with E-state index in [0.29, 0.717) is 25.9 Å². The third-order valence-corrected chi connectivity index (χ3v) is 5.91. The Morgan fingerprint density at radius 3 is 2.25 bits per heavy atom. The molecule has 24 heavy (non-hydrogen) atoms. The van der Waals surface area contributed by atoms with Crippen LogP contribution in [-0.2, 0) is 9.53 Å². The van der Waals surface area contributed by atoms with Gasteiger partial charge in [0, 0.05) is 30.2 Å². The van der Waals surface area contributed by atoms with E-state index in [1.165, 1.54) is 13.5 Å². The molecule has 2 fully saturated rings. The molecule has 1 amide bonds.